The van der Waals surface area contributed by atoms with Crippen LogP contribution in [0.4, 0.5) is 0 Å². The second-order valence-electron chi connectivity index (χ2n) is 9.95. The van der Waals surface area contributed by atoms with E-state index in [-0.39, 0.29) is 0 Å². The summed E-state index contributed by atoms with van der Waals surface area (Å²) in [5, 5.41) is 13.1. The predicted molar refractivity (Wildman–Crippen MR) is 169 cm³/mol. The smallest absolute Gasteiger partial charge is 0.159 e. The van der Waals surface area contributed by atoms with Crippen LogP contribution in [-0.4, -0.2) is 49.7 Å². The molecule has 0 saturated carbocycles. The zero-order valence-electron chi connectivity index (χ0n) is 23.7. The van der Waals surface area contributed by atoms with E-state index in [0.29, 0.717) is 0 Å². The van der Waals surface area contributed by atoms with Gasteiger partial charge in [0, 0.05) is 34.6 Å². The summed E-state index contributed by atoms with van der Waals surface area (Å²) in [5.74, 6) is 0.750. The molecule has 2 N–H and O–H groups in total. The number of aromatic amines is 2. The van der Waals surface area contributed by atoms with E-state index >= 15 is 0 Å². The highest BCUT2D eigenvalue weighted by molar-refractivity contribution is 7.08. The Balaban J connectivity index is 0.00000158. The molecule has 0 spiro atoms. The van der Waals surface area contributed by atoms with Crippen LogP contribution >= 0.6 is 11.3 Å². The first-order chi connectivity index (χ1) is 19.7. The second kappa shape index (κ2) is 13.0. The molecule has 0 radical (unpaired) electrons. The molecular formula is C33H38N6S. The van der Waals surface area contributed by atoms with E-state index in [0.717, 1.165) is 62.5 Å². The summed E-state index contributed by atoms with van der Waals surface area (Å²) in [6, 6.07) is 10.8. The quantitative estimate of drug-likeness (QED) is 0.182. The van der Waals surface area contributed by atoms with Gasteiger partial charge in [-0.2, -0.15) is 16.4 Å². The van der Waals surface area contributed by atoms with Gasteiger partial charge in [-0.15, -0.1) is 0 Å². The molecule has 40 heavy (non-hydrogen) atoms. The van der Waals surface area contributed by atoms with Crippen LogP contribution in [0.15, 0.2) is 72.2 Å². The number of hydrogen-bond donors (Lipinski definition) is 2. The van der Waals surface area contributed by atoms with E-state index in [9.17, 15) is 0 Å². The highest BCUT2D eigenvalue weighted by atomic mass is 32.1. The minimum atomic E-state index is 0.750. The van der Waals surface area contributed by atoms with Crippen molar-refractivity contribution >= 4 is 27.8 Å². The summed E-state index contributed by atoms with van der Waals surface area (Å²) in [5.41, 5.74) is 9.44. The van der Waals surface area contributed by atoms with E-state index < -0.39 is 0 Å². The number of rotatable bonds is 9. The van der Waals surface area contributed by atoms with Gasteiger partial charge in [0.2, 0.25) is 0 Å². The first-order valence-corrected chi connectivity index (χ1v) is 15.2. The van der Waals surface area contributed by atoms with Crippen molar-refractivity contribution in [3.8, 4) is 22.6 Å². The van der Waals surface area contributed by atoms with E-state index in [4.69, 9.17) is 4.98 Å². The third-order valence-electron chi connectivity index (χ3n) is 7.31. The predicted octanol–water partition coefficient (Wildman–Crippen LogP) is 8.06. The average Bonchev–Trinajstić information content (AvgIpc) is 3.81. The standard InChI is InChI=1S/C31H32N6S.C2H6/c1-3-7-26(24-11-15-38-20-24)29-21(2)33-31(34-29)30-27-17-23(9-10-28(27)35-36-30)25-16-22(18-32-19-25)8-6-14-37-12-4-5-13-37;1-2/h3,7,9-11,15-20H,1,4-6,8,12-14H2,2H3,(H,33,34)(H,35,36);1-2H3/b26-7-;. The van der Waals surface area contributed by atoms with Crippen molar-refractivity contribution in [2.45, 2.75) is 46.5 Å². The van der Waals surface area contributed by atoms with Crippen molar-refractivity contribution < 1.29 is 0 Å². The maximum atomic E-state index is 4.99. The van der Waals surface area contributed by atoms with E-state index in [1.165, 1.54) is 44.5 Å². The fraction of sp³-hybridized carbons (Fsp3) is 0.303. The van der Waals surface area contributed by atoms with Crippen molar-refractivity contribution in [3.63, 3.8) is 0 Å². The fourth-order valence-corrected chi connectivity index (χ4v) is 6.01. The maximum Gasteiger partial charge on any atom is 0.159 e. The Labute approximate surface area is 240 Å². The van der Waals surface area contributed by atoms with Crippen LogP contribution in [0.25, 0.3) is 39.1 Å². The molecule has 1 aromatic carbocycles. The zero-order valence-corrected chi connectivity index (χ0v) is 24.5. The number of aryl methyl sites for hydroxylation is 2. The van der Waals surface area contributed by atoms with Crippen LogP contribution in [0.1, 0.15) is 55.6 Å². The van der Waals surface area contributed by atoms with Gasteiger partial charge in [-0.1, -0.05) is 38.6 Å². The molecule has 0 bridgehead atoms. The van der Waals surface area contributed by atoms with E-state index in [2.05, 4.69) is 79.7 Å². The molecule has 206 valence electrons. The highest BCUT2D eigenvalue weighted by Crippen LogP contribution is 2.33. The first kappa shape index (κ1) is 27.7. The second-order valence-corrected chi connectivity index (χ2v) is 10.7. The molecule has 5 heterocycles. The van der Waals surface area contributed by atoms with Gasteiger partial charge in [-0.05, 0) is 104 Å². The van der Waals surface area contributed by atoms with Gasteiger partial charge >= 0.3 is 0 Å². The van der Waals surface area contributed by atoms with Gasteiger partial charge in [-0.25, -0.2) is 4.98 Å². The summed E-state index contributed by atoms with van der Waals surface area (Å²) in [7, 11) is 0. The third-order valence-corrected chi connectivity index (χ3v) is 7.99. The molecule has 1 aliphatic heterocycles. The van der Waals surface area contributed by atoms with Crippen LogP contribution in [0, 0.1) is 6.92 Å². The number of allylic oxidation sites excluding steroid dienone is 2. The molecule has 5 aromatic rings. The molecule has 0 atom stereocenters. The number of pyridine rings is 1. The van der Waals surface area contributed by atoms with Crippen LogP contribution in [0.5, 0.6) is 0 Å². The number of nitrogens with zero attached hydrogens (tertiary/aromatic N) is 4. The molecular weight excluding hydrogens is 512 g/mol. The minimum Gasteiger partial charge on any atom is -0.340 e. The van der Waals surface area contributed by atoms with Crippen LogP contribution in [-0.2, 0) is 6.42 Å². The Morgan fingerprint density at radius 2 is 1.95 bits per heavy atom. The van der Waals surface area contributed by atoms with E-state index in [1.807, 2.05) is 38.4 Å². The van der Waals surface area contributed by atoms with Crippen LogP contribution in [0.2, 0.25) is 0 Å². The summed E-state index contributed by atoms with van der Waals surface area (Å²) >= 11 is 1.67. The number of fused-ring (bicyclic) bond motifs is 1. The lowest BCUT2D eigenvalue weighted by Crippen LogP contribution is -2.20. The van der Waals surface area contributed by atoms with Crippen molar-refractivity contribution in [3.05, 3.63) is 94.7 Å². The number of hydrogen-bond acceptors (Lipinski definition) is 5. The average molecular weight is 551 g/mol. The number of nitrogens with one attached hydrogen (secondary N) is 2. The van der Waals surface area contributed by atoms with Crippen molar-refractivity contribution in [2.75, 3.05) is 19.6 Å². The van der Waals surface area contributed by atoms with Crippen molar-refractivity contribution in [1.82, 2.24) is 30.0 Å². The number of likely N-dealkylation sites (tertiary alicyclic amines) is 1. The molecule has 1 fully saturated rings. The lowest BCUT2D eigenvalue weighted by molar-refractivity contribution is 0.334. The lowest BCUT2D eigenvalue weighted by atomic mass is 10.0. The molecule has 6 rings (SSSR count). The number of imidazole rings is 1. The summed E-state index contributed by atoms with van der Waals surface area (Å²) in [4.78, 5) is 15.6. The zero-order chi connectivity index (χ0) is 27.9. The third kappa shape index (κ3) is 6.01. The largest absolute Gasteiger partial charge is 0.340 e. The summed E-state index contributed by atoms with van der Waals surface area (Å²) in [6.45, 7) is 13.6. The molecule has 1 saturated heterocycles. The molecule has 1 aliphatic rings. The van der Waals surface area contributed by atoms with Gasteiger partial charge < -0.3 is 9.88 Å². The van der Waals surface area contributed by atoms with Gasteiger partial charge in [0.25, 0.3) is 0 Å². The SMILES string of the molecule is C=C/C=C(/c1ccsc1)c1nc(-c2n[nH]c3ccc(-c4cncc(CCCN5CCCC5)c4)cc23)[nH]c1C.CC. The van der Waals surface area contributed by atoms with Crippen LogP contribution in [0.3, 0.4) is 0 Å². The number of benzene rings is 1. The normalized spacial score (nSPS) is 13.9. The lowest BCUT2D eigenvalue weighted by Gasteiger charge is -2.14. The van der Waals surface area contributed by atoms with Crippen molar-refractivity contribution in [1.29, 1.82) is 0 Å². The topological polar surface area (TPSA) is 73.5 Å². The molecule has 0 amide bonds. The Kier molecular flexibility index (Phi) is 9.04. The Morgan fingerprint density at radius 3 is 2.73 bits per heavy atom. The maximum absolute atomic E-state index is 4.99. The number of thiophene rings is 1. The molecule has 4 aromatic heterocycles. The van der Waals surface area contributed by atoms with Gasteiger partial charge in [0.05, 0.1) is 11.2 Å². The van der Waals surface area contributed by atoms with Gasteiger partial charge in [0.15, 0.2) is 5.82 Å². The van der Waals surface area contributed by atoms with E-state index in [1.54, 1.807) is 11.3 Å². The fourth-order valence-electron chi connectivity index (χ4n) is 5.35. The Hall–Kier alpha value is -3.81. The minimum absolute atomic E-state index is 0.750. The summed E-state index contributed by atoms with van der Waals surface area (Å²) < 4.78 is 0. The highest BCUT2D eigenvalue weighted by Gasteiger charge is 2.18. The molecule has 0 unspecified atom stereocenters. The van der Waals surface area contributed by atoms with Gasteiger partial charge in [-0.3, -0.25) is 10.1 Å². The molecule has 6 nitrogen and oxygen atoms in total. The number of aromatic nitrogens is 5. The summed E-state index contributed by atoms with van der Waals surface area (Å²) in [6.07, 6.45) is 12.7. The van der Waals surface area contributed by atoms with Gasteiger partial charge in [0.1, 0.15) is 5.69 Å². The monoisotopic (exact) mass is 550 g/mol. The first-order valence-electron chi connectivity index (χ1n) is 14.3. The molecule has 0 aliphatic carbocycles. The Morgan fingerprint density at radius 1 is 1.10 bits per heavy atom. The van der Waals surface area contributed by atoms with Crippen LogP contribution < -0.4 is 0 Å². The number of H-pyrrole nitrogens is 2. The molecule has 7 heteroatoms. The van der Waals surface area contributed by atoms with Crippen molar-refractivity contribution in [2.24, 2.45) is 0 Å². The Bertz CT molecular complexity index is 1580.